The fourth-order valence-electron chi connectivity index (χ4n) is 1.33. The maximum Gasteiger partial charge on any atom is 0.191 e. The highest BCUT2D eigenvalue weighted by atomic mass is 15.3. The van der Waals surface area contributed by atoms with Gasteiger partial charge in [0.1, 0.15) is 12.9 Å². The molecule has 0 unspecified atom stereocenters. The Balaban J connectivity index is 2.61. The summed E-state index contributed by atoms with van der Waals surface area (Å²) in [5, 5.41) is 14.2. The van der Waals surface area contributed by atoms with Gasteiger partial charge in [-0.05, 0) is 13.8 Å². The van der Waals surface area contributed by atoms with Crippen molar-refractivity contribution < 1.29 is 0 Å². The molecule has 0 aliphatic heterocycles. The first-order valence-electron chi connectivity index (χ1n) is 5.81. The third-order valence-corrected chi connectivity index (χ3v) is 2.17. The number of aliphatic imine (C=N–C) groups is 1. The van der Waals surface area contributed by atoms with Crippen LogP contribution in [-0.4, -0.2) is 33.8 Å². The van der Waals surface area contributed by atoms with Gasteiger partial charge in [-0.1, -0.05) is 6.08 Å². The molecule has 0 spiro atoms. The van der Waals surface area contributed by atoms with Crippen molar-refractivity contribution in [3.8, 4) is 0 Å². The molecule has 0 bridgehead atoms. The molecule has 0 atom stereocenters. The van der Waals surface area contributed by atoms with E-state index in [4.69, 9.17) is 0 Å². The highest BCUT2D eigenvalue weighted by molar-refractivity contribution is 5.79. The molecule has 1 heterocycles. The van der Waals surface area contributed by atoms with Crippen molar-refractivity contribution in [3.05, 3.63) is 24.8 Å². The lowest BCUT2D eigenvalue weighted by molar-refractivity contribution is 0.695. The van der Waals surface area contributed by atoms with Gasteiger partial charge in [-0.3, -0.25) is 0 Å². The quantitative estimate of drug-likeness (QED) is 0.430. The molecule has 6 heteroatoms. The second-order valence-corrected chi connectivity index (χ2v) is 3.40. The summed E-state index contributed by atoms with van der Waals surface area (Å²) in [7, 11) is 0. The molecule has 0 saturated carbocycles. The van der Waals surface area contributed by atoms with Crippen molar-refractivity contribution in [1.29, 1.82) is 0 Å². The van der Waals surface area contributed by atoms with Crippen molar-refractivity contribution >= 4 is 5.96 Å². The highest BCUT2D eigenvalue weighted by Crippen LogP contribution is 1.96. The van der Waals surface area contributed by atoms with E-state index >= 15 is 0 Å². The molecule has 0 aromatic carbocycles. The summed E-state index contributed by atoms with van der Waals surface area (Å²) in [6.07, 6.45) is 3.51. The van der Waals surface area contributed by atoms with Crippen LogP contribution in [0.25, 0.3) is 0 Å². The average Bonchev–Trinajstić information content (AvgIpc) is 2.80. The third-order valence-electron chi connectivity index (χ3n) is 2.17. The number of nitrogens with one attached hydrogen (secondary N) is 2. The van der Waals surface area contributed by atoms with Gasteiger partial charge in [0.2, 0.25) is 0 Å². The van der Waals surface area contributed by atoms with Gasteiger partial charge in [-0.2, -0.15) is 0 Å². The average molecular weight is 236 g/mol. The number of guanidine groups is 1. The minimum absolute atomic E-state index is 0.514. The van der Waals surface area contributed by atoms with E-state index in [1.165, 1.54) is 0 Å². The fraction of sp³-hybridized carbons (Fsp3) is 0.545. The summed E-state index contributed by atoms with van der Waals surface area (Å²) in [5.74, 6) is 1.63. The van der Waals surface area contributed by atoms with Gasteiger partial charge in [0.25, 0.3) is 0 Å². The third kappa shape index (κ3) is 4.26. The molecule has 1 aromatic rings. The molecule has 0 fully saturated rings. The zero-order valence-electron chi connectivity index (χ0n) is 10.5. The Hall–Kier alpha value is -1.85. The van der Waals surface area contributed by atoms with Gasteiger partial charge in [0.15, 0.2) is 11.8 Å². The first-order valence-corrected chi connectivity index (χ1v) is 5.81. The molecule has 0 radical (unpaired) electrons. The Morgan fingerprint density at radius 3 is 3.00 bits per heavy atom. The van der Waals surface area contributed by atoms with Crippen LogP contribution in [0.1, 0.15) is 19.7 Å². The van der Waals surface area contributed by atoms with Crippen LogP contribution in [0.15, 0.2) is 24.0 Å². The largest absolute Gasteiger partial charge is 0.357 e. The molecule has 17 heavy (non-hydrogen) atoms. The lowest BCUT2D eigenvalue weighted by Crippen LogP contribution is -2.37. The van der Waals surface area contributed by atoms with E-state index in [2.05, 4.69) is 39.3 Å². The van der Waals surface area contributed by atoms with Crippen LogP contribution < -0.4 is 10.6 Å². The van der Waals surface area contributed by atoms with Gasteiger partial charge in [0, 0.05) is 19.6 Å². The topological polar surface area (TPSA) is 67.1 Å². The van der Waals surface area contributed by atoms with Crippen molar-refractivity contribution in [2.24, 2.45) is 4.99 Å². The molecule has 94 valence electrons. The van der Waals surface area contributed by atoms with Gasteiger partial charge < -0.3 is 15.2 Å². The van der Waals surface area contributed by atoms with Crippen LogP contribution in [0.3, 0.4) is 0 Å². The monoisotopic (exact) mass is 236 g/mol. The van der Waals surface area contributed by atoms with Gasteiger partial charge in [-0.15, -0.1) is 16.8 Å². The van der Waals surface area contributed by atoms with Gasteiger partial charge >= 0.3 is 0 Å². The first-order chi connectivity index (χ1) is 8.31. The van der Waals surface area contributed by atoms with Crippen LogP contribution in [0.2, 0.25) is 0 Å². The second-order valence-electron chi connectivity index (χ2n) is 3.40. The lowest BCUT2D eigenvalue weighted by Gasteiger charge is -2.09. The van der Waals surface area contributed by atoms with Gasteiger partial charge in [0.05, 0.1) is 0 Å². The molecule has 0 saturated heterocycles. The van der Waals surface area contributed by atoms with E-state index < -0.39 is 0 Å². The van der Waals surface area contributed by atoms with Crippen LogP contribution >= 0.6 is 0 Å². The predicted molar refractivity (Wildman–Crippen MR) is 68.7 cm³/mol. The highest BCUT2D eigenvalue weighted by Gasteiger charge is 2.02. The summed E-state index contributed by atoms with van der Waals surface area (Å²) >= 11 is 0. The van der Waals surface area contributed by atoms with Gasteiger partial charge in [-0.25, -0.2) is 4.99 Å². The van der Waals surface area contributed by atoms with E-state index in [1.807, 2.05) is 11.5 Å². The van der Waals surface area contributed by atoms with Crippen molar-refractivity contribution in [1.82, 2.24) is 25.4 Å². The molecule has 6 nitrogen and oxygen atoms in total. The van der Waals surface area contributed by atoms with E-state index in [0.717, 1.165) is 24.9 Å². The number of aromatic nitrogens is 3. The summed E-state index contributed by atoms with van der Waals surface area (Å²) in [6.45, 7) is 10.6. The van der Waals surface area contributed by atoms with Crippen LogP contribution in [0, 0.1) is 0 Å². The maximum atomic E-state index is 4.43. The van der Waals surface area contributed by atoms with Crippen LogP contribution in [-0.2, 0) is 13.1 Å². The summed E-state index contributed by atoms with van der Waals surface area (Å²) in [6, 6.07) is 0. The summed E-state index contributed by atoms with van der Waals surface area (Å²) in [4.78, 5) is 4.43. The van der Waals surface area contributed by atoms with Crippen molar-refractivity contribution in [2.45, 2.75) is 26.9 Å². The molecular formula is C11H20N6. The molecule has 0 aliphatic carbocycles. The smallest absolute Gasteiger partial charge is 0.191 e. The Bertz CT molecular complexity index is 368. The zero-order chi connectivity index (χ0) is 12.5. The predicted octanol–water partition coefficient (Wildman–Crippen LogP) is 0.539. The Labute approximate surface area is 102 Å². The maximum absolute atomic E-state index is 4.43. The number of nitrogens with zero attached hydrogens (tertiary/aromatic N) is 4. The Morgan fingerprint density at radius 2 is 2.35 bits per heavy atom. The van der Waals surface area contributed by atoms with Crippen molar-refractivity contribution in [2.75, 3.05) is 13.1 Å². The number of aryl methyl sites for hydroxylation is 1. The Morgan fingerprint density at radius 1 is 1.53 bits per heavy atom. The number of hydrogen-bond donors (Lipinski definition) is 2. The Kier molecular flexibility index (Phi) is 5.77. The first kappa shape index (κ1) is 13.2. The summed E-state index contributed by atoms with van der Waals surface area (Å²) < 4.78 is 1.97. The molecule has 0 aliphatic rings. The molecular weight excluding hydrogens is 216 g/mol. The second kappa shape index (κ2) is 7.43. The number of rotatable bonds is 6. The van der Waals surface area contributed by atoms with E-state index in [1.54, 1.807) is 12.4 Å². The standard InChI is InChI=1S/C11H20N6/c1-4-7-13-11(12-5-2)14-8-10-16-15-9-17(10)6-3/h4,9H,1,5-8H2,2-3H3,(H2,12,13,14). The molecule has 1 rings (SSSR count). The normalized spacial score (nSPS) is 11.3. The minimum atomic E-state index is 0.514. The fourth-order valence-corrected chi connectivity index (χ4v) is 1.33. The van der Waals surface area contributed by atoms with E-state index in [-0.39, 0.29) is 0 Å². The van der Waals surface area contributed by atoms with E-state index in [9.17, 15) is 0 Å². The SMILES string of the molecule is C=CCNC(=NCc1nncn1CC)NCC. The van der Waals surface area contributed by atoms with Crippen LogP contribution in [0.5, 0.6) is 0 Å². The molecule has 0 amide bonds. The van der Waals surface area contributed by atoms with Crippen LogP contribution in [0.4, 0.5) is 0 Å². The van der Waals surface area contributed by atoms with Crippen molar-refractivity contribution in [3.63, 3.8) is 0 Å². The summed E-state index contributed by atoms with van der Waals surface area (Å²) in [5.41, 5.74) is 0. The zero-order valence-corrected chi connectivity index (χ0v) is 10.5. The minimum Gasteiger partial charge on any atom is -0.357 e. The molecule has 1 aromatic heterocycles. The lowest BCUT2D eigenvalue weighted by atomic mass is 10.5. The van der Waals surface area contributed by atoms with E-state index in [0.29, 0.717) is 13.1 Å². The molecule has 2 N–H and O–H groups in total. The number of hydrogen-bond acceptors (Lipinski definition) is 3.